The van der Waals surface area contributed by atoms with Crippen molar-refractivity contribution in [3.05, 3.63) is 23.5 Å². The summed E-state index contributed by atoms with van der Waals surface area (Å²) in [6.45, 7) is 3.73. The van der Waals surface area contributed by atoms with Gasteiger partial charge in [0, 0.05) is 24.4 Å². The number of rotatable bonds is 2. The second-order valence-electron chi connectivity index (χ2n) is 6.02. The summed E-state index contributed by atoms with van der Waals surface area (Å²) in [5, 5.41) is 0.526. The molecule has 1 saturated carbocycles. The van der Waals surface area contributed by atoms with Crippen LogP contribution in [0.4, 0.5) is 0 Å². The van der Waals surface area contributed by atoms with Gasteiger partial charge in [0.25, 0.3) is 0 Å². The molecule has 4 heterocycles. The van der Waals surface area contributed by atoms with Crippen LogP contribution in [-0.2, 0) is 0 Å². The average molecular weight is 301 g/mol. The summed E-state index contributed by atoms with van der Waals surface area (Å²) >= 11 is 5.80. The fourth-order valence-corrected chi connectivity index (χ4v) is 4.30. The van der Waals surface area contributed by atoms with Gasteiger partial charge in [-0.25, -0.2) is 4.98 Å². The predicted molar refractivity (Wildman–Crippen MR) is 77.1 cm³/mol. The van der Waals surface area contributed by atoms with E-state index >= 15 is 0 Å². The van der Waals surface area contributed by atoms with E-state index in [9.17, 15) is 0 Å². The Balaban J connectivity index is 0.00000110. The topological polar surface area (TPSA) is 25.4 Å². The van der Waals surface area contributed by atoms with E-state index in [2.05, 4.69) is 9.88 Å². The number of pyridine rings is 1. The predicted octanol–water partition coefficient (Wildman–Crippen LogP) is 3.02. The van der Waals surface area contributed by atoms with Crippen LogP contribution in [0.25, 0.3) is 0 Å². The summed E-state index contributed by atoms with van der Waals surface area (Å²) in [7, 11) is 0. The molecule has 4 aliphatic rings. The van der Waals surface area contributed by atoms with E-state index in [0.29, 0.717) is 16.7 Å². The molecule has 1 spiro atoms. The first-order valence-electron chi connectivity index (χ1n) is 6.76. The second kappa shape index (κ2) is 4.80. The normalized spacial score (nSPS) is 38.9. The van der Waals surface area contributed by atoms with Crippen molar-refractivity contribution in [2.45, 2.75) is 25.4 Å². The van der Waals surface area contributed by atoms with Crippen molar-refractivity contribution in [1.29, 1.82) is 0 Å². The van der Waals surface area contributed by atoms with Crippen molar-refractivity contribution >= 4 is 24.0 Å². The number of piperidine rings is 3. The molecule has 3 unspecified atom stereocenters. The van der Waals surface area contributed by atoms with Gasteiger partial charge < -0.3 is 9.64 Å². The van der Waals surface area contributed by atoms with Crippen LogP contribution in [0.3, 0.4) is 0 Å². The van der Waals surface area contributed by atoms with Gasteiger partial charge in [0.1, 0.15) is 17.0 Å². The number of ether oxygens (including phenoxy) is 1. The van der Waals surface area contributed by atoms with E-state index in [1.165, 1.54) is 38.9 Å². The molecule has 3 nitrogen and oxygen atoms in total. The molecule has 4 atom stereocenters. The Morgan fingerprint density at radius 2 is 2.32 bits per heavy atom. The van der Waals surface area contributed by atoms with Crippen LogP contribution in [-0.4, -0.2) is 35.6 Å². The molecule has 0 amide bonds. The Labute approximate surface area is 124 Å². The lowest BCUT2D eigenvalue weighted by Crippen LogP contribution is -2.70. The molecular weight excluding hydrogens is 283 g/mol. The van der Waals surface area contributed by atoms with E-state index in [1.54, 1.807) is 12.3 Å². The van der Waals surface area contributed by atoms with Crippen LogP contribution in [0.1, 0.15) is 19.3 Å². The molecular formula is C14H18Cl2N2O. The van der Waals surface area contributed by atoms with Crippen molar-refractivity contribution in [2.75, 3.05) is 19.6 Å². The second-order valence-corrected chi connectivity index (χ2v) is 6.41. The van der Waals surface area contributed by atoms with Gasteiger partial charge in [0.15, 0.2) is 0 Å². The highest BCUT2D eigenvalue weighted by molar-refractivity contribution is 6.29. The number of hydrogen-bond acceptors (Lipinski definition) is 3. The fraction of sp³-hybridized carbons (Fsp3) is 0.643. The number of nitrogens with zero attached hydrogens (tertiary/aromatic N) is 2. The van der Waals surface area contributed by atoms with Gasteiger partial charge in [0.2, 0.25) is 0 Å². The third-order valence-electron chi connectivity index (χ3n) is 4.84. The van der Waals surface area contributed by atoms with E-state index in [4.69, 9.17) is 16.3 Å². The molecule has 0 radical (unpaired) electrons. The maximum Gasteiger partial charge on any atom is 0.138 e. The standard InChI is InChI=1S/C14H17ClN2O.ClH/c15-12-3-2-11(7-16-12)18-13-10-6-14(13)4-1-5-17(8-10)9-14;/h2-3,7,10,13H,1,4-6,8-9H2;1H/t10?,13-,14?;/m1./s1. The highest BCUT2D eigenvalue weighted by Gasteiger charge is 2.60. The Hall–Kier alpha value is -0.510. The van der Waals surface area contributed by atoms with Crippen LogP contribution in [0.15, 0.2) is 18.3 Å². The van der Waals surface area contributed by atoms with Crippen LogP contribution in [0.2, 0.25) is 5.15 Å². The Morgan fingerprint density at radius 1 is 1.42 bits per heavy atom. The smallest absolute Gasteiger partial charge is 0.138 e. The monoisotopic (exact) mass is 300 g/mol. The Morgan fingerprint density at radius 3 is 3.11 bits per heavy atom. The molecule has 3 bridgehead atoms. The molecule has 19 heavy (non-hydrogen) atoms. The Kier molecular flexibility index (Phi) is 3.40. The summed E-state index contributed by atoms with van der Waals surface area (Å²) in [4.78, 5) is 6.70. The molecule has 5 heteroatoms. The van der Waals surface area contributed by atoms with Gasteiger partial charge in [-0.1, -0.05) is 11.6 Å². The summed E-state index contributed by atoms with van der Waals surface area (Å²) < 4.78 is 6.20. The van der Waals surface area contributed by atoms with E-state index in [-0.39, 0.29) is 12.4 Å². The quantitative estimate of drug-likeness (QED) is 0.785. The van der Waals surface area contributed by atoms with Gasteiger partial charge in [-0.15, -0.1) is 12.4 Å². The first kappa shape index (κ1) is 13.5. The van der Waals surface area contributed by atoms with E-state index in [1.807, 2.05) is 6.07 Å². The van der Waals surface area contributed by atoms with Crippen LogP contribution >= 0.6 is 24.0 Å². The molecule has 3 saturated heterocycles. The summed E-state index contributed by atoms with van der Waals surface area (Å²) in [5.41, 5.74) is 0.431. The number of aromatic nitrogens is 1. The summed E-state index contributed by atoms with van der Waals surface area (Å²) in [5.74, 6) is 1.59. The van der Waals surface area contributed by atoms with Gasteiger partial charge in [-0.05, 0) is 37.9 Å². The molecule has 4 fully saturated rings. The third-order valence-corrected chi connectivity index (χ3v) is 5.07. The third kappa shape index (κ3) is 2.12. The molecule has 5 rings (SSSR count). The zero-order valence-corrected chi connectivity index (χ0v) is 12.3. The zero-order chi connectivity index (χ0) is 12.2. The lowest BCUT2D eigenvalue weighted by molar-refractivity contribution is -0.187. The van der Waals surface area contributed by atoms with Crippen LogP contribution in [0, 0.1) is 11.3 Å². The van der Waals surface area contributed by atoms with E-state index < -0.39 is 0 Å². The maximum absolute atomic E-state index is 6.20. The molecule has 1 aliphatic carbocycles. The van der Waals surface area contributed by atoms with Crippen molar-refractivity contribution < 1.29 is 4.74 Å². The molecule has 0 N–H and O–H groups in total. The first-order valence-corrected chi connectivity index (χ1v) is 7.14. The lowest BCUT2D eigenvalue weighted by Gasteiger charge is -2.64. The average Bonchev–Trinajstić information content (AvgIpc) is 2.37. The molecule has 0 aromatic carbocycles. The zero-order valence-electron chi connectivity index (χ0n) is 10.7. The van der Waals surface area contributed by atoms with E-state index in [0.717, 1.165) is 11.7 Å². The number of halogens is 2. The highest BCUT2D eigenvalue weighted by atomic mass is 35.5. The van der Waals surface area contributed by atoms with Crippen molar-refractivity contribution in [1.82, 2.24) is 9.88 Å². The highest BCUT2D eigenvalue weighted by Crippen LogP contribution is 2.56. The minimum atomic E-state index is 0. The van der Waals surface area contributed by atoms with Gasteiger partial charge in [-0.3, -0.25) is 0 Å². The maximum atomic E-state index is 6.20. The minimum Gasteiger partial charge on any atom is -0.488 e. The van der Waals surface area contributed by atoms with Crippen molar-refractivity contribution in [3.8, 4) is 5.75 Å². The van der Waals surface area contributed by atoms with Crippen molar-refractivity contribution in [3.63, 3.8) is 0 Å². The SMILES string of the molecule is Cl.Clc1ccc(O[C@@H]2C3CN4CCCC2(C3)C4)cn1. The summed E-state index contributed by atoms with van der Waals surface area (Å²) in [6.07, 6.45) is 6.15. The van der Waals surface area contributed by atoms with Crippen LogP contribution < -0.4 is 4.74 Å². The number of hydrogen-bond donors (Lipinski definition) is 0. The molecule has 3 aliphatic heterocycles. The van der Waals surface area contributed by atoms with Gasteiger partial charge >= 0.3 is 0 Å². The lowest BCUT2D eigenvalue weighted by atomic mass is 9.53. The molecule has 104 valence electrons. The molecule has 1 aromatic heterocycles. The fourth-order valence-electron chi connectivity index (χ4n) is 4.19. The minimum absolute atomic E-state index is 0. The first-order chi connectivity index (χ1) is 8.75. The Bertz CT molecular complexity index is 461. The van der Waals surface area contributed by atoms with Crippen molar-refractivity contribution in [2.24, 2.45) is 11.3 Å². The largest absolute Gasteiger partial charge is 0.488 e. The molecule has 1 aromatic rings. The summed E-state index contributed by atoms with van der Waals surface area (Å²) in [6, 6.07) is 3.73. The van der Waals surface area contributed by atoms with Gasteiger partial charge in [-0.2, -0.15) is 0 Å². The van der Waals surface area contributed by atoms with Crippen LogP contribution in [0.5, 0.6) is 5.75 Å². The van der Waals surface area contributed by atoms with Gasteiger partial charge in [0.05, 0.1) is 6.20 Å².